The van der Waals surface area contributed by atoms with Crippen LogP contribution in [-0.2, 0) is 7.05 Å². The van der Waals surface area contributed by atoms with Crippen LogP contribution in [0.2, 0.25) is 0 Å². The second-order valence-electron chi connectivity index (χ2n) is 6.61. The molecule has 1 saturated heterocycles. The van der Waals surface area contributed by atoms with Crippen LogP contribution in [0.25, 0.3) is 10.2 Å². The van der Waals surface area contributed by atoms with E-state index >= 15 is 0 Å². The summed E-state index contributed by atoms with van der Waals surface area (Å²) < 4.78 is 8.48. The number of amides is 1. The van der Waals surface area contributed by atoms with Crippen LogP contribution in [0.3, 0.4) is 0 Å². The van der Waals surface area contributed by atoms with Crippen molar-refractivity contribution in [2.45, 2.75) is 13.8 Å². The van der Waals surface area contributed by atoms with Crippen LogP contribution in [0, 0.1) is 6.92 Å². The summed E-state index contributed by atoms with van der Waals surface area (Å²) >= 11 is 1.67. The van der Waals surface area contributed by atoms with E-state index in [4.69, 9.17) is 9.72 Å². The number of anilines is 1. The highest BCUT2D eigenvalue weighted by Gasteiger charge is 2.26. The van der Waals surface area contributed by atoms with Gasteiger partial charge in [-0.2, -0.15) is 5.10 Å². The van der Waals surface area contributed by atoms with E-state index in [9.17, 15) is 4.79 Å². The standard InChI is InChI=1S/C19H23N5O2S/c1-4-26-14-6-5-7-15-16(14)21-19(27-15)24-10-8-23(9-11-24)18(25)17-13(2)12-20-22(17)3/h5-7,12H,4,8-11H2,1-3H3. The summed E-state index contributed by atoms with van der Waals surface area (Å²) in [6.07, 6.45) is 1.74. The van der Waals surface area contributed by atoms with E-state index in [1.165, 1.54) is 0 Å². The molecule has 2 aromatic heterocycles. The van der Waals surface area contributed by atoms with E-state index in [1.54, 1.807) is 22.2 Å². The van der Waals surface area contributed by atoms with Gasteiger partial charge in [-0.15, -0.1) is 0 Å². The molecule has 0 bridgehead atoms. The molecule has 1 aliphatic heterocycles. The van der Waals surface area contributed by atoms with Crippen molar-refractivity contribution >= 4 is 32.6 Å². The minimum absolute atomic E-state index is 0.0510. The summed E-state index contributed by atoms with van der Waals surface area (Å²) in [5, 5.41) is 5.17. The van der Waals surface area contributed by atoms with Crippen molar-refractivity contribution in [3.8, 4) is 5.75 Å². The molecule has 0 atom stereocenters. The second-order valence-corrected chi connectivity index (χ2v) is 7.62. The van der Waals surface area contributed by atoms with Crippen LogP contribution in [0.4, 0.5) is 5.13 Å². The zero-order valence-electron chi connectivity index (χ0n) is 15.8. The van der Waals surface area contributed by atoms with Gasteiger partial charge in [-0.1, -0.05) is 17.4 Å². The molecule has 0 N–H and O–H groups in total. The molecular weight excluding hydrogens is 362 g/mol. The van der Waals surface area contributed by atoms with Gasteiger partial charge in [-0.05, 0) is 31.5 Å². The van der Waals surface area contributed by atoms with Crippen LogP contribution in [0.1, 0.15) is 23.0 Å². The fraction of sp³-hybridized carbons (Fsp3) is 0.421. The number of piperazine rings is 1. The first-order chi connectivity index (χ1) is 13.1. The number of para-hydroxylation sites is 1. The second kappa shape index (κ2) is 7.19. The molecular formula is C19H23N5O2S. The van der Waals surface area contributed by atoms with Gasteiger partial charge in [0.1, 0.15) is 17.0 Å². The summed E-state index contributed by atoms with van der Waals surface area (Å²) in [5.74, 6) is 0.882. The van der Waals surface area contributed by atoms with Gasteiger partial charge in [-0.3, -0.25) is 9.48 Å². The predicted molar refractivity (Wildman–Crippen MR) is 107 cm³/mol. The monoisotopic (exact) mass is 385 g/mol. The minimum Gasteiger partial charge on any atom is -0.492 e. The molecule has 3 heterocycles. The van der Waals surface area contributed by atoms with Crippen LogP contribution in [-0.4, -0.2) is 58.4 Å². The van der Waals surface area contributed by atoms with E-state index in [-0.39, 0.29) is 5.91 Å². The fourth-order valence-electron chi connectivity index (χ4n) is 3.42. The molecule has 1 amide bonds. The van der Waals surface area contributed by atoms with Gasteiger partial charge in [-0.25, -0.2) is 4.98 Å². The maximum Gasteiger partial charge on any atom is 0.272 e. The summed E-state index contributed by atoms with van der Waals surface area (Å²) in [5.41, 5.74) is 2.51. The number of carbonyl (C=O) groups is 1. The van der Waals surface area contributed by atoms with E-state index in [2.05, 4.69) is 16.1 Å². The number of aromatic nitrogens is 3. The Morgan fingerprint density at radius 2 is 2.04 bits per heavy atom. The van der Waals surface area contributed by atoms with Gasteiger partial charge >= 0.3 is 0 Å². The Hall–Kier alpha value is -2.61. The topological polar surface area (TPSA) is 63.5 Å². The molecule has 0 aliphatic carbocycles. The maximum atomic E-state index is 12.8. The van der Waals surface area contributed by atoms with Gasteiger partial charge in [0.05, 0.1) is 17.5 Å². The number of thiazole rings is 1. The molecule has 1 aromatic carbocycles. The zero-order chi connectivity index (χ0) is 19.0. The Morgan fingerprint density at radius 1 is 1.26 bits per heavy atom. The first-order valence-electron chi connectivity index (χ1n) is 9.13. The number of nitrogens with zero attached hydrogens (tertiary/aromatic N) is 5. The smallest absolute Gasteiger partial charge is 0.272 e. The SMILES string of the molecule is CCOc1cccc2sc(N3CCN(C(=O)c4c(C)cnn4C)CC3)nc12. The molecule has 27 heavy (non-hydrogen) atoms. The molecule has 4 rings (SSSR count). The Morgan fingerprint density at radius 3 is 2.70 bits per heavy atom. The number of fused-ring (bicyclic) bond motifs is 1. The first kappa shape index (κ1) is 17.8. The fourth-order valence-corrected chi connectivity index (χ4v) is 4.46. The highest BCUT2D eigenvalue weighted by Crippen LogP contribution is 2.34. The largest absolute Gasteiger partial charge is 0.492 e. The number of ether oxygens (including phenoxy) is 1. The van der Waals surface area contributed by atoms with Gasteiger partial charge in [0, 0.05) is 33.2 Å². The molecule has 3 aromatic rings. The lowest BCUT2D eigenvalue weighted by Gasteiger charge is -2.34. The third-order valence-electron chi connectivity index (χ3n) is 4.83. The number of rotatable bonds is 4. The molecule has 0 spiro atoms. The molecule has 0 radical (unpaired) electrons. The van der Waals surface area contributed by atoms with Gasteiger partial charge in [0.2, 0.25) is 0 Å². The zero-order valence-corrected chi connectivity index (χ0v) is 16.6. The lowest BCUT2D eigenvalue weighted by Crippen LogP contribution is -2.49. The van der Waals surface area contributed by atoms with E-state index in [0.29, 0.717) is 25.4 Å². The highest BCUT2D eigenvalue weighted by molar-refractivity contribution is 7.22. The summed E-state index contributed by atoms with van der Waals surface area (Å²) in [6, 6.07) is 6.04. The van der Waals surface area contributed by atoms with Crippen molar-refractivity contribution in [2.75, 3.05) is 37.7 Å². The quantitative estimate of drug-likeness (QED) is 0.691. The van der Waals surface area contributed by atoms with E-state index < -0.39 is 0 Å². The summed E-state index contributed by atoms with van der Waals surface area (Å²) in [4.78, 5) is 21.8. The Balaban J connectivity index is 1.49. The molecule has 0 saturated carbocycles. The molecule has 1 fully saturated rings. The van der Waals surface area contributed by atoms with Crippen molar-refractivity contribution < 1.29 is 9.53 Å². The number of aryl methyl sites for hydroxylation is 2. The molecule has 1 aliphatic rings. The molecule has 7 nitrogen and oxygen atoms in total. The number of benzene rings is 1. The van der Waals surface area contributed by atoms with E-state index in [0.717, 1.165) is 39.8 Å². The number of hydrogen-bond donors (Lipinski definition) is 0. The van der Waals surface area contributed by atoms with Crippen molar-refractivity contribution in [2.24, 2.45) is 7.05 Å². The van der Waals surface area contributed by atoms with Crippen LogP contribution >= 0.6 is 11.3 Å². The highest BCUT2D eigenvalue weighted by atomic mass is 32.1. The third kappa shape index (κ3) is 3.25. The number of carbonyl (C=O) groups excluding carboxylic acids is 1. The van der Waals surface area contributed by atoms with Crippen LogP contribution in [0.15, 0.2) is 24.4 Å². The van der Waals surface area contributed by atoms with Crippen molar-refractivity contribution in [3.63, 3.8) is 0 Å². The Bertz CT molecular complexity index is 952. The van der Waals surface area contributed by atoms with Gasteiger partial charge in [0.25, 0.3) is 5.91 Å². The lowest BCUT2D eigenvalue weighted by molar-refractivity contribution is 0.0735. The summed E-state index contributed by atoms with van der Waals surface area (Å²) in [6.45, 7) is 7.42. The Labute approximate surface area is 162 Å². The third-order valence-corrected chi connectivity index (χ3v) is 5.91. The van der Waals surface area contributed by atoms with Crippen molar-refractivity contribution in [1.29, 1.82) is 0 Å². The predicted octanol–water partition coefficient (Wildman–Crippen LogP) is 2.70. The molecule has 0 unspecified atom stereocenters. The number of hydrogen-bond acceptors (Lipinski definition) is 6. The normalized spacial score (nSPS) is 14.8. The van der Waals surface area contributed by atoms with E-state index in [1.807, 2.05) is 37.9 Å². The average molecular weight is 385 g/mol. The molecule has 142 valence electrons. The lowest BCUT2D eigenvalue weighted by atomic mass is 10.2. The van der Waals surface area contributed by atoms with Gasteiger partial charge < -0.3 is 14.5 Å². The summed E-state index contributed by atoms with van der Waals surface area (Å²) in [7, 11) is 1.81. The molecule has 8 heteroatoms. The van der Waals surface area contributed by atoms with Crippen molar-refractivity contribution in [1.82, 2.24) is 19.7 Å². The van der Waals surface area contributed by atoms with Crippen molar-refractivity contribution in [3.05, 3.63) is 35.7 Å². The van der Waals surface area contributed by atoms with Crippen LogP contribution < -0.4 is 9.64 Å². The average Bonchev–Trinajstić information content (AvgIpc) is 3.26. The maximum absolute atomic E-state index is 12.8. The van der Waals surface area contributed by atoms with Crippen LogP contribution in [0.5, 0.6) is 5.75 Å². The first-order valence-corrected chi connectivity index (χ1v) is 9.95. The minimum atomic E-state index is 0.0510. The van der Waals surface area contributed by atoms with Gasteiger partial charge in [0.15, 0.2) is 5.13 Å². The Kier molecular flexibility index (Phi) is 4.73.